The Morgan fingerprint density at radius 1 is 1.08 bits per heavy atom. The van der Waals surface area contributed by atoms with Gasteiger partial charge in [0.05, 0.1) is 6.04 Å². The van der Waals surface area contributed by atoms with Gasteiger partial charge in [-0.15, -0.1) is 0 Å². The Labute approximate surface area is 159 Å². The molecular weight excluding hydrogens is 350 g/mol. The summed E-state index contributed by atoms with van der Waals surface area (Å²) in [6, 6.07) is 17.0. The zero-order valence-corrected chi connectivity index (χ0v) is 15.7. The van der Waals surface area contributed by atoms with Crippen LogP contribution >= 0.6 is 11.6 Å². The third kappa shape index (κ3) is 5.21. The third-order valence-electron chi connectivity index (χ3n) is 4.63. The number of benzene rings is 2. The molecule has 6 heteroatoms. The second kappa shape index (κ2) is 9.03. The van der Waals surface area contributed by atoms with E-state index < -0.39 is 6.09 Å². The number of likely N-dealkylation sites (N-methyl/N-ethyl adjacent to an activating group) is 1. The summed E-state index contributed by atoms with van der Waals surface area (Å²) in [5.41, 5.74) is 1.14. The molecule has 1 fully saturated rings. The maximum absolute atomic E-state index is 12.2. The minimum atomic E-state index is -0.440. The Bertz CT molecular complexity index is 701. The van der Waals surface area contributed by atoms with Crippen LogP contribution in [0.4, 0.5) is 4.79 Å². The van der Waals surface area contributed by atoms with Crippen molar-refractivity contribution in [1.29, 1.82) is 0 Å². The van der Waals surface area contributed by atoms with Gasteiger partial charge in [-0.1, -0.05) is 41.9 Å². The lowest BCUT2D eigenvalue weighted by molar-refractivity contribution is 0.109. The molecule has 1 aliphatic rings. The molecule has 0 aliphatic carbocycles. The first-order chi connectivity index (χ1) is 12.6. The number of carbonyl (C=O) groups excluding carboxylic acids is 1. The molecule has 1 N–H and O–H groups in total. The standard InChI is InChI=1S/C20H24ClN3O2/c1-23-11-13-24(14-12-23)19(16-7-9-17(21)10-8-16)15-22-20(25)26-18-5-3-2-4-6-18/h2-10,19H,11-15H2,1H3,(H,22,25). The lowest BCUT2D eigenvalue weighted by Crippen LogP contribution is -2.48. The Kier molecular flexibility index (Phi) is 6.50. The van der Waals surface area contributed by atoms with Crippen LogP contribution in [0.5, 0.6) is 5.75 Å². The molecule has 2 aromatic rings. The van der Waals surface area contributed by atoms with Crippen LogP contribution < -0.4 is 10.1 Å². The average molecular weight is 374 g/mol. The molecule has 0 bridgehead atoms. The monoisotopic (exact) mass is 373 g/mol. The molecule has 1 unspecified atom stereocenters. The van der Waals surface area contributed by atoms with Crippen LogP contribution in [0.3, 0.4) is 0 Å². The highest BCUT2D eigenvalue weighted by Crippen LogP contribution is 2.23. The van der Waals surface area contributed by atoms with Crippen molar-refractivity contribution in [2.45, 2.75) is 6.04 Å². The van der Waals surface area contributed by atoms with Crippen LogP contribution in [0, 0.1) is 0 Å². The summed E-state index contributed by atoms with van der Waals surface area (Å²) in [5.74, 6) is 0.535. The zero-order valence-electron chi connectivity index (χ0n) is 14.9. The highest BCUT2D eigenvalue weighted by atomic mass is 35.5. The van der Waals surface area contributed by atoms with Gasteiger partial charge in [0, 0.05) is 37.7 Å². The number of ether oxygens (including phenoxy) is 1. The van der Waals surface area contributed by atoms with E-state index in [9.17, 15) is 4.79 Å². The zero-order chi connectivity index (χ0) is 18.4. The third-order valence-corrected chi connectivity index (χ3v) is 4.88. The Morgan fingerprint density at radius 2 is 1.73 bits per heavy atom. The van der Waals surface area contributed by atoms with Gasteiger partial charge in [-0.05, 0) is 36.9 Å². The van der Waals surface area contributed by atoms with Crippen molar-refractivity contribution < 1.29 is 9.53 Å². The van der Waals surface area contributed by atoms with E-state index >= 15 is 0 Å². The Morgan fingerprint density at radius 3 is 2.38 bits per heavy atom. The van der Waals surface area contributed by atoms with Crippen LogP contribution in [-0.2, 0) is 0 Å². The molecule has 26 heavy (non-hydrogen) atoms. The number of hydrogen-bond acceptors (Lipinski definition) is 4. The van der Waals surface area contributed by atoms with Gasteiger partial charge < -0.3 is 15.0 Å². The van der Waals surface area contributed by atoms with Gasteiger partial charge in [-0.3, -0.25) is 4.90 Å². The molecule has 1 heterocycles. The molecule has 1 amide bonds. The highest BCUT2D eigenvalue weighted by molar-refractivity contribution is 6.30. The van der Waals surface area contributed by atoms with Crippen molar-refractivity contribution in [3.63, 3.8) is 0 Å². The molecule has 0 saturated carbocycles. The van der Waals surface area contributed by atoms with E-state index in [0.717, 1.165) is 31.7 Å². The average Bonchev–Trinajstić information content (AvgIpc) is 2.65. The first-order valence-corrected chi connectivity index (χ1v) is 9.18. The first-order valence-electron chi connectivity index (χ1n) is 8.80. The molecule has 0 aromatic heterocycles. The van der Waals surface area contributed by atoms with Gasteiger partial charge in [0.2, 0.25) is 0 Å². The lowest BCUT2D eigenvalue weighted by atomic mass is 10.0. The molecule has 1 saturated heterocycles. The normalized spacial score (nSPS) is 16.8. The lowest BCUT2D eigenvalue weighted by Gasteiger charge is -2.38. The maximum Gasteiger partial charge on any atom is 0.412 e. The number of carbonyl (C=O) groups is 1. The molecule has 138 valence electrons. The molecule has 0 spiro atoms. The Balaban J connectivity index is 1.65. The van der Waals surface area contributed by atoms with Crippen LogP contribution in [-0.4, -0.2) is 55.7 Å². The second-order valence-corrected chi connectivity index (χ2v) is 6.93. The molecule has 3 rings (SSSR count). The highest BCUT2D eigenvalue weighted by Gasteiger charge is 2.24. The molecular formula is C20H24ClN3O2. The van der Waals surface area contributed by atoms with E-state index in [0.29, 0.717) is 17.3 Å². The quantitative estimate of drug-likeness (QED) is 0.872. The SMILES string of the molecule is CN1CCN(C(CNC(=O)Oc2ccccc2)c2ccc(Cl)cc2)CC1. The predicted molar refractivity (Wildman–Crippen MR) is 104 cm³/mol. The molecule has 0 radical (unpaired) electrons. The molecule has 1 aliphatic heterocycles. The van der Waals surface area contributed by atoms with E-state index in [1.165, 1.54) is 0 Å². The summed E-state index contributed by atoms with van der Waals surface area (Å²) in [5, 5.41) is 3.61. The summed E-state index contributed by atoms with van der Waals surface area (Å²) in [6.07, 6.45) is -0.440. The van der Waals surface area contributed by atoms with Crippen LogP contribution in [0.2, 0.25) is 5.02 Å². The molecule has 1 atom stereocenters. The van der Waals surface area contributed by atoms with E-state index in [4.69, 9.17) is 16.3 Å². The number of nitrogens with one attached hydrogen (secondary N) is 1. The summed E-state index contributed by atoms with van der Waals surface area (Å²) in [4.78, 5) is 16.9. The number of halogens is 1. The number of nitrogens with zero attached hydrogens (tertiary/aromatic N) is 2. The largest absolute Gasteiger partial charge is 0.412 e. The van der Waals surface area contributed by atoms with Crippen molar-refractivity contribution in [1.82, 2.24) is 15.1 Å². The summed E-state index contributed by atoms with van der Waals surface area (Å²) in [6.45, 7) is 4.42. The van der Waals surface area contributed by atoms with Gasteiger partial charge in [-0.2, -0.15) is 0 Å². The fourth-order valence-corrected chi connectivity index (χ4v) is 3.21. The van der Waals surface area contributed by atoms with Crippen molar-refractivity contribution in [3.05, 3.63) is 65.2 Å². The van der Waals surface area contributed by atoms with Gasteiger partial charge >= 0.3 is 6.09 Å². The van der Waals surface area contributed by atoms with Gasteiger partial charge in [0.25, 0.3) is 0 Å². The number of rotatable bonds is 5. The van der Waals surface area contributed by atoms with Crippen molar-refractivity contribution in [2.24, 2.45) is 0 Å². The fourth-order valence-electron chi connectivity index (χ4n) is 3.09. The molecule has 5 nitrogen and oxygen atoms in total. The van der Waals surface area contributed by atoms with Crippen LogP contribution in [0.1, 0.15) is 11.6 Å². The first kappa shape index (κ1) is 18.7. The number of hydrogen-bond donors (Lipinski definition) is 1. The maximum atomic E-state index is 12.2. The van der Waals surface area contributed by atoms with Crippen molar-refractivity contribution in [2.75, 3.05) is 39.8 Å². The second-order valence-electron chi connectivity index (χ2n) is 6.49. The van der Waals surface area contributed by atoms with Gasteiger partial charge in [0.15, 0.2) is 0 Å². The fraction of sp³-hybridized carbons (Fsp3) is 0.350. The predicted octanol–water partition coefficient (Wildman–Crippen LogP) is 3.42. The summed E-state index contributed by atoms with van der Waals surface area (Å²) < 4.78 is 5.33. The van der Waals surface area contributed by atoms with Crippen molar-refractivity contribution >= 4 is 17.7 Å². The van der Waals surface area contributed by atoms with E-state index in [2.05, 4.69) is 22.2 Å². The van der Waals surface area contributed by atoms with E-state index in [-0.39, 0.29) is 6.04 Å². The number of para-hydroxylation sites is 1. The Hall–Kier alpha value is -2.08. The van der Waals surface area contributed by atoms with Crippen LogP contribution in [0.25, 0.3) is 0 Å². The molecule has 2 aromatic carbocycles. The van der Waals surface area contributed by atoms with Crippen LogP contribution in [0.15, 0.2) is 54.6 Å². The minimum absolute atomic E-state index is 0.0873. The van der Waals surface area contributed by atoms with E-state index in [1.807, 2.05) is 42.5 Å². The van der Waals surface area contributed by atoms with Crippen molar-refractivity contribution in [3.8, 4) is 5.75 Å². The number of piperazine rings is 1. The number of amides is 1. The summed E-state index contributed by atoms with van der Waals surface area (Å²) >= 11 is 6.03. The smallest absolute Gasteiger partial charge is 0.410 e. The minimum Gasteiger partial charge on any atom is -0.410 e. The summed E-state index contributed by atoms with van der Waals surface area (Å²) in [7, 11) is 2.13. The topological polar surface area (TPSA) is 44.8 Å². The van der Waals surface area contributed by atoms with Gasteiger partial charge in [-0.25, -0.2) is 4.79 Å². The van der Waals surface area contributed by atoms with E-state index in [1.54, 1.807) is 12.1 Å². The van der Waals surface area contributed by atoms with Gasteiger partial charge in [0.1, 0.15) is 5.75 Å².